The minimum atomic E-state index is 0.402. The number of anilines is 3. The van der Waals surface area contributed by atoms with E-state index in [0.717, 1.165) is 16.9 Å². The van der Waals surface area contributed by atoms with E-state index in [1.54, 1.807) is 6.07 Å². The van der Waals surface area contributed by atoms with Crippen molar-refractivity contribution in [2.75, 3.05) is 11.1 Å². The number of nitrogens with one attached hydrogen (secondary N) is 1. The molecule has 6 nitrogen and oxygen atoms in total. The van der Waals surface area contributed by atoms with Gasteiger partial charge >= 0.3 is 0 Å². The lowest BCUT2D eigenvalue weighted by Crippen LogP contribution is -1.94. The van der Waals surface area contributed by atoms with E-state index in [1.165, 1.54) is 0 Å². The smallest absolute Gasteiger partial charge is 0.160 e. The van der Waals surface area contributed by atoms with Crippen LogP contribution < -0.4 is 11.1 Å². The summed E-state index contributed by atoms with van der Waals surface area (Å²) in [7, 11) is 0. The van der Waals surface area contributed by atoms with Gasteiger partial charge in [0.1, 0.15) is 0 Å². The van der Waals surface area contributed by atoms with Crippen molar-refractivity contribution in [2.45, 2.75) is 6.42 Å². The van der Waals surface area contributed by atoms with Gasteiger partial charge < -0.3 is 11.1 Å². The van der Waals surface area contributed by atoms with E-state index in [-0.39, 0.29) is 0 Å². The highest BCUT2D eigenvalue weighted by Crippen LogP contribution is 2.27. The predicted molar refractivity (Wildman–Crippen MR) is 75.3 cm³/mol. The molecule has 0 aliphatic rings. The zero-order valence-electron chi connectivity index (χ0n) is 10.5. The molecule has 20 heavy (non-hydrogen) atoms. The molecule has 0 aliphatic heterocycles. The summed E-state index contributed by atoms with van der Waals surface area (Å²) in [5.41, 5.74) is 10.1. The fourth-order valence-electron chi connectivity index (χ4n) is 1.94. The van der Waals surface area contributed by atoms with Crippen LogP contribution in [0.3, 0.4) is 0 Å². The molecule has 3 N–H and O–H groups in total. The van der Waals surface area contributed by atoms with Crippen LogP contribution in [0.2, 0.25) is 0 Å². The summed E-state index contributed by atoms with van der Waals surface area (Å²) in [5, 5.41) is 19.5. The quantitative estimate of drug-likeness (QED) is 0.706. The zero-order valence-corrected chi connectivity index (χ0v) is 10.5. The largest absolute Gasteiger partial charge is 0.397 e. The van der Waals surface area contributed by atoms with Gasteiger partial charge in [-0.2, -0.15) is 5.26 Å². The van der Waals surface area contributed by atoms with Crippen molar-refractivity contribution in [3.05, 3.63) is 42.0 Å². The molecule has 1 heterocycles. The van der Waals surface area contributed by atoms with E-state index < -0.39 is 0 Å². The highest BCUT2D eigenvalue weighted by atomic mass is 16.6. The van der Waals surface area contributed by atoms with E-state index in [0.29, 0.717) is 23.1 Å². The Balaban J connectivity index is 1.91. The van der Waals surface area contributed by atoms with E-state index in [2.05, 4.69) is 21.7 Å². The van der Waals surface area contributed by atoms with Gasteiger partial charge in [-0.25, -0.2) is 4.63 Å². The SMILES string of the molecule is N#CCc1ccc(Nc2ccc(N)c3nonc23)cc1. The van der Waals surface area contributed by atoms with Crippen molar-refractivity contribution >= 4 is 28.1 Å². The molecule has 3 aromatic rings. The maximum absolute atomic E-state index is 8.64. The molecule has 0 saturated carbocycles. The molecule has 0 radical (unpaired) electrons. The van der Waals surface area contributed by atoms with Crippen LogP contribution in [-0.2, 0) is 6.42 Å². The Hall–Kier alpha value is -3.07. The van der Waals surface area contributed by atoms with Crippen molar-refractivity contribution in [3.8, 4) is 6.07 Å². The molecule has 2 aromatic carbocycles. The normalized spacial score (nSPS) is 10.3. The maximum Gasteiger partial charge on any atom is 0.160 e. The minimum Gasteiger partial charge on any atom is -0.397 e. The average molecular weight is 265 g/mol. The number of fused-ring (bicyclic) bond motifs is 1. The number of nitrogens with zero attached hydrogens (tertiary/aromatic N) is 3. The van der Waals surface area contributed by atoms with Crippen LogP contribution >= 0.6 is 0 Å². The number of nitrogens with two attached hydrogens (primary N) is 1. The van der Waals surface area contributed by atoms with E-state index >= 15 is 0 Å². The second-order valence-corrected chi connectivity index (χ2v) is 4.32. The summed E-state index contributed by atoms with van der Waals surface area (Å²) in [6.45, 7) is 0. The highest BCUT2D eigenvalue weighted by molar-refractivity contribution is 5.96. The molecule has 6 heteroatoms. The Morgan fingerprint density at radius 3 is 2.60 bits per heavy atom. The monoisotopic (exact) mass is 265 g/mol. The average Bonchev–Trinajstić information content (AvgIpc) is 2.95. The van der Waals surface area contributed by atoms with Crippen molar-refractivity contribution in [3.63, 3.8) is 0 Å². The molecule has 1 aromatic heterocycles. The maximum atomic E-state index is 8.64. The molecule has 3 rings (SSSR count). The molecule has 98 valence electrons. The van der Waals surface area contributed by atoms with Gasteiger partial charge in [-0.3, -0.25) is 0 Å². The Morgan fingerprint density at radius 1 is 1.10 bits per heavy atom. The molecule has 0 saturated heterocycles. The predicted octanol–water partition coefficient (Wildman–Crippen LogP) is 2.61. The van der Waals surface area contributed by atoms with Crippen LogP contribution in [0.5, 0.6) is 0 Å². The van der Waals surface area contributed by atoms with Gasteiger partial charge in [-0.1, -0.05) is 12.1 Å². The van der Waals surface area contributed by atoms with Crippen LogP contribution in [0.25, 0.3) is 11.0 Å². The number of nitrogen functional groups attached to an aromatic ring is 1. The molecule has 0 spiro atoms. The van der Waals surface area contributed by atoms with Gasteiger partial charge in [0, 0.05) is 5.69 Å². The van der Waals surface area contributed by atoms with Crippen molar-refractivity contribution in [1.29, 1.82) is 5.26 Å². The fourth-order valence-corrected chi connectivity index (χ4v) is 1.94. The first-order valence-electron chi connectivity index (χ1n) is 6.01. The fraction of sp³-hybridized carbons (Fsp3) is 0.0714. The topological polar surface area (TPSA) is 101 Å². The Kier molecular flexibility index (Phi) is 2.94. The van der Waals surface area contributed by atoms with Gasteiger partial charge in [0.05, 0.1) is 23.9 Å². The van der Waals surface area contributed by atoms with Gasteiger partial charge in [-0.05, 0) is 40.1 Å². The summed E-state index contributed by atoms with van der Waals surface area (Å²) in [4.78, 5) is 0. The number of hydrogen-bond donors (Lipinski definition) is 2. The summed E-state index contributed by atoms with van der Waals surface area (Å²) < 4.78 is 4.72. The van der Waals surface area contributed by atoms with E-state index in [1.807, 2.05) is 30.3 Å². The van der Waals surface area contributed by atoms with Crippen LogP contribution in [0, 0.1) is 11.3 Å². The molecular weight excluding hydrogens is 254 g/mol. The molecule has 0 amide bonds. The van der Waals surface area contributed by atoms with Crippen molar-refractivity contribution in [2.24, 2.45) is 0 Å². The van der Waals surface area contributed by atoms with E-state index in [9.17, 15) is 0 Å². The lowest BCUT2D eigenvalue weighted by Gasteiger charge is -2.07. The number of aromatic nitrogens is 2. The lowest BCUT2D eigenvalue weighted by molar-refractivity contribution is 0.316. The first kappa shape index (κ1) is 12.0. The van der Waals surface area contributed by atoms with Crippen LogP contribution in [0.15, 0.2) is 41.0 Å². The third-order valence-corrected chi connectivity index (χ3v) is 2.96. The van der Waals surface area contributed by atoms with Crippen LogP contribution in [-0.4, -0.2) is 10.3 Å². The number of benzene rings is 2. The molecule has 0 bridgehead atoms. The molecule has 0 atom stereocenters. The number of rotatable bonds is 3. The second-order valence-electron chi connectivity index (χ2n) is 4.32. The molecule has 0 aliphatic carbocycles. The zero-order chi connectivity index (χ0) is 13.9. The van der Waals surface area contributed by atoms with Gasteiger partial charge in [0.2, 0.25) is 0 Å². The Bertz CT molecular complexity index is 785. The van der Waals surface area contributed by atoms with Crippen LogP contribution in [0.4, 0.5) is 17.1 Å². The number of nitriles is 1. The molecule has 0 fully saturated rings. The van der Waals surface area contributed by atoms with Crippen molar-refractivity contribution < 1.29 is 4.63 Å². The highest BCUT2D eigenvalue weighted by Gasteiger charge is 2.10. The summed E-state index contributed by atoms with van der Waals surface area (Å²) in [5.74, 6) is 0. The van der Waals surface area contributed by atoms with Crippen molar-refractivity contribution in [1.82, 2.24) is 10.3 Å². The van der Waals surface area contributed by atoms with Crippen LogP contribution in [0.1, 0.15) is 5.56 Å². The van der Waals surface area contributed by atoms with Gasteiger partial charge in [0.25, 0.3) is 0 Å². The second kappa shape index (κ2) is 4.90. The molecular formula is C14H11N5O. The number of hydrogen-bond acceptors (Lipinski definition) is 6. The van der Waals surface area contributed by atoms with Gasteiger partial charge in [-0.15, -0.1) is 0 Å². The molecule has 0 unspecified atom stereocenters. The Morgan fingerprint density at radius 2 is 1.85 bits per heavy atom. The summed E-state index contributed by atoms with van der Waals surface area (Å²) in [6.07, 6.45) is 0.402. The van der Waals surface area contributed by atoms with E-state index in [4.69, 9.17) is 15.6 Å². The minimum absolute atomic E-state index is 0.402. The first-order chi connectivity index (χ1) is 9.78. The first-order valence-corrected chi connectivity index (χ1v) is 6.01. The standard InChI is InChI=1S/C14H11N5O/c15-8-7-9-1-3-10(4-2-9)17-12-6-5-11(16)13-14(12)19-20-18-13/h1-6,17H,7,16H2. The Labute approximate surface area is 114 Å². The summed E-state index contributed by atoms with van der Waals surface area (Å²) >= 11 is 0. The lowest BCUT2D eigenvalue weighted by atomic mass is 10.1. The summed E-state index contributed by atoms with van der Waals surface area (Å²) in [6, 6.07) is 13.3. The van der Waals surface area contributed by atoms with Gasteiger partial charge in [0.15, 0.2) is 11.0 Å². The third kappa shape index (κ3) is 2.12. The third-order valence-electron chi connectivity index (χ3n) is 2.96.